The van der Waals surface area contributed by atoms with Gasteiger partial charge in [0.1, 0.15) is 0 Å². The van der Waals surface area contributed by atoms with Crippen molar-refractivity contribution in [2.75, 3.05) is 10.6 Å². The van der Waals surface area contributed by atoms with Crippen LogP contribution in [0, 0.1) is 0 Å². The second-order valence-corrected chi connectivity index (χ2v) is 7.36. The van der Waals surface area contributed by atoms with Gasteiger partial charge >= 0.3 is 6.03 Å². The normalized spacial score (nSPS) is 10.8. The Morgan fingerprint density at radius 3 is 2.41 bits per heavy atom. The Labute approximate surface area is 187 Å². The van der Waals surface area contributed by atoms with Gasteiger partial charge in [0.2, 0.25) is 0 Å². The third-order valence-corrected chi connectivity index (χ3v) is 4.92. The Bertz CT molecular complexity index is 1420. The standard InChI is InChI=1S/C23H16ClN7O/c24-17-6-2-8-19(13-17)27-23(32)26-18-7-1-4-15(12-18)20-9-10-21-28-29-22(31(21)30-20)16-5-3-11-25-14-16/h1-14H,(H2,26,27,32). The van der Waals surface area contributed by atoms with Gasteiger partial charge in [0, 0.05) is 39.9 Å². The molecular formula is C23H16ClN7O. The summed E-state index contributed by atoms with van der Waals surface area (Å²) in [6, 6.07) is 21.5. The third-order valence-electron chi connectivity index (χ3n) is 4.68. The fourth-order valence-electron chi connectivity index (χ4n) is 3.23. The summed E-state index contributed by atoms with van der Waals surface area (Å²) < 4.78 is 1.68. The minimum atomic E-state index is -0.370. The van der Waals surface area contributed by atoms with Gasteiger partial charge < -0.3 is 10.6 Å². The van der Waals surface area contributed by atoms with Gasteiger partial charge in [-0.1, -0.05) is 29.8 Å². The maximum atomic E-state index is 12.4. The first kappa shape index (κ1) is 19.7. The number of benzene rings is 2. The fourth-order valence-corrected chi connectivity index (χ4v) is 3.42. The lowest BCUT2D eigenvalue weighted by Crippen LogP contribution is -2.19. The predicted molar refractivity (Wildman–Crippen MR) is 124 cm³/mol. The topological polar surface area (TPSA) is 97.1 Å². The number of urea groups is 1. The second kappa shape index (κ2) is 8.44. The van der Waals surface area contributed by atoms with Crippen molar-refractivity contribution in [3.8, 4) is 22.6 Å². The number of carbonyl (C=O) groups excluding carboxylic acids is 1. The zero-order chi connectivity index (χ0) is 21.9. The van der Waals surface area contributed by atoms with E-state index in [4.69, 9.17) is 16.7 Å². The van der Waals surface area contributed by atoms with Crippen LogP contribution in [0.4, 0.5) is 16.2 Å². The summed E-state index contributed by atoms with van der Waals surface area (Å²) in [6.07, 6.45) is 3.42. The van der Waals surface area contributed by atoms with Crippen LogP contribution < -0.4 is 10.6 Å². The molecule has 0 fully saturated rings. The number of rotatable bonds is 4. The summed E-state index contributed by atoms with van der Waals surface area (Å²) in [5.74, 6) is 0.602. The molecule has 156 valence electrons. The molecule has 5 rings (SSSR count). The Morgan fingerprint density at radius 2 is 1.62 bits per heavy atom. The van der Waals surface area contributed by atoms with Crippen LogP contribution in [0.3, 0.4) is 0 Å². The molecule has 9 heteroatoms. The second-order valence-electron chi connectivity index (χ2n) is 6.92. The average Bonchev–Trinajstić information content (AvgIpc) is 3.23. The van der Waals surface area contributed by atoms with Crippen LogP contribution in [0.1, 0.15) is 0 Å². The van der Waals surface area contributed by atoms with Crippen molar-refractivity contribution in [2.45, 2.75) is 0 Å². The van der Waals surface area contributed by atoms with Gasteiger partial charge in [-0.15, -0.1) is 10.2 Å². The number of nitrogens with one attached hydrogen (secondary N) is 2. The molecule has 3 aromatic heterocycles. The first-order valence-electron chi connectivity index (χ1n) is 9.72. The molecule has 0 aliphatic rings. The summed E-state index contributed by atoms with van der Waals surface area (Å²) in [5, 5.41) is 19.3. The van der Waals surface area contributed by atoms with Crippen molar-refractivity contribution in [3.63, 3.8) is 0 Å². The number of hydrogen-bond acceptors (Lipinski definition) is 5. The highest BCUT2D eigenvalue weighted by Gasteiger charge is 2.11. The smallest absolute Gasteiger partial charge is 0.308 e. The van der Waals surface area contributed by atoms with E-state index < -0.39 is 0 Å². The predicted octanol–water partition coefficient (Wildman–Crippen LogP) is 5.15. The quantitative estimate of drug-likeness (QED) is 0.402. The van der Waals surface area contributed by atoms with Crippen molar-refractivity contribution in [1.29, 1.82) is 0 Å². The number of amides is 2. The lowest BCUT2D eigenvalue weighted by atomic mass is 10.1. The molecule has 0 aliphatic carbocycles. The van der Waals surface area contributed by atoms with E-state index in [1.807, 2.05) is 42.5 Å². The van der Waals surface area contributed by atoms with Crippen molar-refractivity contribution in [3.05, 3.63) is 90.2 Å². The number of halogens is 1. The van der Waals surface area contributed by atoms with Gasteiger partial charge in [-0.25, -0.2) is 4.79 Å². The molecule has 0 atom stereocenters. The molecule has 2 N–H and O–H groups in total. The average molecular weight is 442 g/mol. The van der Waals surface area contributed by atoms with Gasteiger partial charge in [-0.3, -0.25) is 4.98 Å². The van der Waals surface area contributed by atoms with E-state index in [1.54, 1.807) is 47.2 Å². The summed E-state index contributed by atoms with van der Waals surface area (Å²) in [5.41, 5.74) is 4.22. The highest BCUT2D eigenvalue weighted by Crippen LogP contribution is 2.23. The first-order valence-corrected chi connectivity index (χ1v) is 10.1. The van der Waals surface area contributed by atoms with E-state index in [1.165, 1.54) is 0 Å². The zero-order valence-corrected chi connectivity index (χ0v) is 17.4. The van der Waals surface area contributed by atoms with Crippen LogP contribution in [0.2, 0.25) is 5.02 Å². The summed E-state index contributed by atoms with van der Waals surface area (Å²) in [7, 11) is 0. The van der Waals surface area contributed by atoms with Crippen LogP contribution in [0.25, 0.3) is 28.3 Å². The van der Waals surface area contributed by atoms with E-state index in [9.17, 15) is 4.79 Å². The summed E-state index contributed by atoms with van der Waals surface area (Å²) >= 11 is 5.97. The number of fused-ring (bicyclic) bond motifs is 1. The van der Waals surface area contributed by atoms with Crippen LogP contribution in [0.5, 0.6) is 0 Å². The van der Waals surface area contributed by atoms with Crippen LogP contribution in [-0.4, -0.2) is 30.8 Å². The SMILES string of the molecule is O=C(Nc1cccc(Cl)c1)Nc1cccc(-c2ccc3nnc(-c4cccnc4)n3n2)c1. The monoisotopic (exact) mass is 441 g/mol. The zero-order valence-electron chi connectivity index (χ0n) is 16.6. The number of nitrogens with zero attached hydrogens (tertiary/aromatic N) is 5. The van der Waals surface area contributed by atoms with E-state index in [0.29, 0.717) is 33.6 Å². The molecule has 5 aromatic rings. The number of carbonyl (C=O) groups is 1. The van der Waals surface area contributed by atoms with Crippen molar-refractivity contribution in [2.24, 2.45) is 0 Å². The first-order chi connectivity index (χ1) is 15.7. The fraction of sp³-hybridized carbons (Fsp3) is 0. The van der Waals surface area contributed by atoms with Crippen molar-refractivity contribution in [1.82, 2.24) is 24.8 Å². The minimum Gasteiger partial charge on any atom is -0.308 e. The van der Waals surface area contributed by atoms with E-state index in [-0.39, 0.29) is 6.03 Å². The van der Waals surface area contributed by atoms with Gasteiger partial charge in [-0.2, -0.15) is 9.61 Å². The molecule has 8 nitrogen and oxygen atoms in total. The number of pyridine rings is 1. The Kier molecular flexibility index (Phi) is 5.19. The Hall–Kier alpha value is -4.30. The Morgan fingerprint density at radius 1 is 0.844 bits per heavy atom. The summed E-state index contributed by atoms with van der Waals surface area (Å²) in [4.78, 5) is 16.5. The minimum absolute atomic E-state index is 0.370. The maximum Gasteiger partial charge on any atom is 0.323 e. The van der Waals surface area contributed by atoms with E-state index >= 15 is 0 Å². The van der Waals surface area contributed by atoms with Crippen molar-refractivity contribution >= 4 is 34.7 Å². The van der Waals surface area contributed by atoms with Crippen molar-refractivity contribution < 1.29 is 4.79 Å². The molecule has 32 heavy (non-hydrogen) atoms. The third kappa shape index (κ3) is 4.12. The van der Waals surface area contributed by atoms with Gasteiger partial charge in [0.05, 0.1) is 5.69 Å². The number of hydrogen-bond donors (Lipinski definition) is 2. The highest BCUT2D eigenvalue weighted by atomic mass is 35.5. The number of anilines is 2. The van der Waals surface area contributed by atoms with Crippen LogP contribution in [-0.2, 0) is 0 Å². The Balaban J connectivity index is 1.41. The maximum absolute atomic E-state index is 12.4. The highest BCUT2D eigenvalue weighted by molar-refractivity contribution is 6.30. The molecule has 0 radical (unpaired) electrons. The molecule has 0 aliphatic heterocycles. The van der Waals surface area contributed by atoms with Crippen LogP contribution in [0.15, 0.2) is 85.2 Å². The molecule has 3 heterocycles. The summed E-state index contributed by atoms with van der Waals surface area (Å²) in [6.45, 7) is 0. The number of aromatic nitrogens is 5. The van der Waals surface area contributed by atoms with E-state index in [2.05, 4.69) is 25.8 Å². The van der Waals surface area contributed by atoms with Gasteiger partial charge in [0.15, 0.2) is 11.5 Å². The van der Waals surface area contributed by atoms with Gasteiger partial charge in [0.25, 0.3) is 0 Å². The molecule has 2 aromatic carbocycles. The molecule has 2 amide bonds. The van der Waals surface area contributed by atoms with Crippen LogP contribution >= 0.6 is 11.6 Å². The molecule has 0 unspecified atom stereocenters. The largest absolute Gasteiger partial charge is 0.323 e. The molecular weight excluding hydrogens is 426 g/mol. The lowest BCUT2D eigenvalue weighted by molar-refractivity contribution is 0.262. The molecule has 0 bridgehead atoms. The van der Waals surface area contributed by atoms with Gasteiger partial charge in [-0.05, 0) is 54.6 Å². The molecule has 0 saturated heterocycles. The lowest BCUT2D eigenvalue weighted by Gasteiger charge is -2.09. The molecule has 0 spiro atoms. The molecule has 0 saturated carbocycles. The van der Waals surface area contributed by atoms with E-state index in [0.717, 1.165) is 11.1 Å².